The van der Waals surface area contributed by atoms with Gasteiger partial charge in [0.1, 0.15) is 12.3 Å². The van der Waals surface area contributed by atoms with Crippen LogP contribution in [0.3, 0.4) is 0 Å². The van der Waals surface area contributed by atoms with E-state index in [1.165, 1.54) is 6.26 Å². The van der Waals surface area contributed by atoms with E-state index in [9.17, 15) is 14.4 Å². The third-order valence-electron chi connectivity index (χ3n) is 4.00. The maximum atomic E-state index is 12.1. The van der Waals surface area contributed by atoms with Crippen molar-refractivity contribution in [3.63, 3.8) is 0 Å². The molecule has 0 bridgehead atoms. The molecule has 2 fully saturated rings. The largest absolute Gasteiger partial charge is 0.448 e. The first kappa shape index (κ1) is 13.8. The van der Waals surface area contributed by atoms with Gasteiger partial charge in [0, 0.05) is 12.3 Å². The summed E-state index contributed by atoms with van der Waals surface area (Å²) in [6, 6.07) is -0.693. The summed E-state index contributed by atoms with van der Waals surface area (Å²) in [6.45, 7) is 0. The molecule has 1 saturated heterocycles. The van der Waals surface area contributed by atoms with E-state index in [1.807, 2.05) is 0 Å². The van der Waals surface area contributed by atoms with Crippen LogP contribution in [0.1, 0.15) is 60.8 Å². The first-order valence-corrected chi connectivity index (χ1v) is 7.23. The number of nitrogens with one attached hydrogen (secondary N) is 2. The minimum atomic E-state index is -0.693. The molecule has 2 aliphatic rings. The quantitative estimate of drug-likeness (QED) is 0.805. The number of oxazole rings is 1. The second-order valence-corrected chi connectivity index (χ2v) is 5.53. The van der Waals surface area contributed by atoms with Crippen LogP contribution in [0, 0.1) is 0 Å². The molecule has 2 N–H and O–H groups in total. The minimum absolute atomic E-state index is 0.182. The highest BCUT2D eigenvalue weighted by atomic mass is 16.3. The molecule has 0 unspecified atom stereocenters. The zero-order chi connectivity index (χ0) is 14.8. The molecular weight excluding hydrogens is 274 g/mol. The predicted molar refractivity (Wildman–Crippen MR) is 71.3 cm³/mol. The molecule has 1 atom stereocenters. The van der Waals surface area contributed by atoms with Gasteiger partial charge in [-0.1, -0.05) is 12.8 Å². The van der Waals surface area contributed by atoms with Gasteiger partial charge in [-0.05, 0) is 19.3 Å². The zero-order valence-corrected chi connectivity index (χ0v) is 11.6. The van der Waals surface area contributed by atoms with Crippen molar-refractivity contribution in [3.8, 4) is 0 Å². The van der Waals surface area contributed by atoms with E-state index in [4.69, 9.17) is 4.42 Å². The van der Waals surface area contributed by atoms with Crippen LogP contribution in [0.4, 0.5) is 0 Å². The average molecular weight is 291 g/mol. The minimum Gasteiger partial charge on any atom is -0.448 e. The molecule has 7 heteroatoms. The Labute approximate surface area is 121 Å². The molecule has 1 saturated carbocycles. The van der Waals surface area contributed by atoms with Crippen molar-refractivity contribution in [3.05, 3.63) is 17.8 Å². The molecule has 1 aliphatic heterocycles. The Morgan fingerprint density at radius 1 is 1.29 bits per heavy atom. The highest BCUT2D eigenvalue weighted by Crippen LogP contribution is 2.33. The van der Waals surface area contributed by atoms with Gasteiger partial charge in [-0.2, -0.15) is 0 Å². The zero-order valence-electron chi connectivity index (χ0n) is 11.6. The summed E-state index contributed by atoms with van der Waals surface area (Å²) in [7, 11) is 0. The fraction of sp³-hybridized carbons (Fsp3) is 0.571. The van der Waals surface area contributed by atoms with Gasteiger partial charge >= 0.3 is 0 Å². The second-order valence-electron chi connectivity index (χ2n) is 5.53. The maximum Gasteiger partial charge on any atom is 0.273 e. The van der Waals surface area contributed by atoms with E-state index in [1.54, 1.807) is 0 Å². The molecule has 1 aromatic heterocycles. The van der Waals surface area contributed by atoms with Crippen LogP contribution in [0.25, 0.3) is 0 Å². The van der Waals surface area contributed by atoms with Gasteiger partial charge in [-0.25, -0.2) is 4.98 Å². The molecule has 1 aliphatic carbocycles. The Morgan fingerprint density at radius 3 is 2.76 bits per heavy atom. The Hall–Kier alpha value is -2.18. The van der Waals surface area contributed by atoms with E-state index >= 15 is 0 Å². The second kappa shape index (κ2) is 5.67. The smallest absolute Gasteiger partial charge is 0.273 e. The average Bonchev–Trinajstić information content (AvgIpc) is 3.10. The first-order chi connectivity index (χ1) is 10.1. The Bertz CT molecular complexity index is 575. The third-order valence-corrected chi connectivity index (χ3v) is 4.00. The first-order valence-electron chi connectivity index (χ1n) is 7.23. The van der Waals surface area contributed by atoms with Gasteiger partial charge < -0.3 is 9.73 Å². The van der Waals surface area contributed by atoms with Crippen molar-refractivity contribution in [1.29, 1.82) is 0 Å². The molecule has 0 aromatic carbocycles. The van der Waals surface area contributed by atoms with Crippen LogP contribution in [-0.4, -0.2) is 28.7 Å². The van der Waals surface area contributed by atoms with Gasteiger partial charge in [0.05, 0.1) is 0 Å². The van der Waals surface area contributed by atoms with Crippen LogP contribution in [0.5, 0.6) is 0 Å². The van der Waals surface area contributed by atoms with Crippen molar-refractivity contribution in [2.24, 2.45) is 0 Å². The Kier molecular flexibility index (Phi) is 3.72. The Balaban J connectivity index is 1.62. The standard InChI is InChI=1S/C14H17N3O4/c18-11-6-5-9(12(19)17-11)15-13(20)10-7-21-14(16-10)8-3-1-2-4-8/h7-9H,1-6H2,(H,15,20)(H,17,18,19)/t9-/m0/s1. The van der Waals surface area contributed by atoms with E-state index in [0.717, 1.165) is 25.7 Å². The normalized spacial score (nSPS) is 23.1. The molecule has 3 amide bonds. The fourth-order valence-corrected chi connectivity index (χ4v) is 2.82. The molecule has 0 radical (unpaired) electrons. The summed E-state index contributed by atoms with van der Waals surface area (Å²) in [5, 5.41) is 4.78. The predicted octanol–water partition coefficient (Wildman–Crippen LogP) is 0.867. The SMILES string of the molecule is O=C1CC[C@H](NC(=O)c2coc(C3CCCC3)n2)C(=O)N1. The lowest BCUT2D eigenvalue weighted by Gasteiger charge is -2.21. The van der Waals surface area contributed by atoms with Gasteiger partial charge in [0.2, 0.25) is 11.8 Å². The number of aromatic nitrogens is 1. The Morgan fingerprint density at radius 2 is 2.05 bits per heavy atom. The van der Waals surface area contributed by atoms with Crippen LogP contribution in [-0.2, 0) is 9.59 Å². The van der Waals surface area contributed by atoms with E-state index in [-0.39, 0.29) is 18.0 Å². The highest BCUT2D eigenvalue weighted by Gasteiger charge is 2.29. The highest BCUT2D eigenvalue weighted by molar-refractivity contribution is 6.03. The summed E-state index contributed by atoms with van der Waals surface area (Å²) in [4.78, 5) is 38.9. The number of rotatable bonds is 3. The van der Waals surface area contributed by atoms with Crippen molar-refractivity contribution in [2.75, 3.05) is 0 Å². The van der Waals surface area contributed by atoms with Gasteiger partial charge in [-0.3, -0.25) is 19.7 Å². The van der Waals surface area contributed by atoms with Crippen molar-refractivity contribution in [2.45, 2.75) is 50.5 Å². The molecule has 112 valence electrons. The van der Waals surface area contributed by atoms with Gasteiger partial charge in [-0.15, -0.1) is 0 Å². The number of carbonyl (C=O) groups is 3. The van der Waals surface area contributed by atoms with Crippen LogP contribution in [0.2, 0.25) is 0 Å². The van der Waals surface area contributed by atoms with Crippen LogP contribution in [0.15, 0.2) is 10.7 Å². The molecule has 21 heavy (non-hydrogen) atoms. The van der Waals surface area contributed by atoms with Gasteiger partial charge in [0.15, 0.2) is 11.6 Å². The maximum absolute atomic E-state index is 12.1. The van der Waals surface area contributed by atoms with Crippen molar-refractivity contribution < 1.29 is 18.8 Å². The molecular formula is C14H17N3O4. The van der Waals surface area contributed by atoms with E-state index in [0.29, 0.717) is 18.2 Å². The van der Waals surface area contributed by atoms with Crippen molar-refractivity contribution >= 4 is 17.7 Å². The van der Waals surface area contributed by atoms with E-state index < -0.39 is 17.9 Å². The number of hydrogen-bond donors (Lipinski definition) is 2. The summed E-state index contributed by atoms with van der Waals surface area (Å²) in [6.07, 6.45) is 6.25. The molecule has 0 spiro atoms. The lowest BCUT2D eigenvalue weighted by atomic mass is 10.1. The number of carbonyl (C=O) groups excluding carboxylic acids is 3. The molecule has 2 heterocycles. The van der Waals surface area contributed by atoms with Gasteiger partial charge in [0.25, 0.3) is 5.91 Å². The summed E-state index contributed by atoms with van der Waals surface area (Å²) >= 11 is 0. The number of hydrogen-bond acceptors (Lipinski definition) is 5. The topological polar surface area (TPSA) is 101 Å². The monoisotopic (exact) mass is 291 g/mol. The molecule has 3 rings (SSSR count). The summed E-state index contributed by atoms with van der Waals surface area (Å²) in [5.41, 5.74) is 0.182. The van der Waals surface area contributed by atoms with Crippen LogP contribution >= 0.6 is 0 Å². The number of piperidine rings is 1. The fourth-order valence-electron chi connectivity index (χ4n) is 2.82. The third kappa shape index (κ3) is 2.96. The number of imide groups is 1. The molecule has 1 aromatic rings. The summed E-state index contributed by atoms with van der Waals surface area (Å²) in [5.74, 6) is -0.338. The molecule has 7 nitrogen and oxygen atoms in total. The lowest BCUT2D eigenvalue weighted by Crippen LogP contribution is -2.52. The number of nitrogens with zero attached hydrogens (tertiary/aromatic N) is 1. The van der Waals surface area contributed by atoms with Crippen molar-refractivity contribution in [1.82, 2.24) is 15.6 Å². The van der Waals surface area contributed by atoms with Crippen LogP contribution < -0.4 is 10.6 Å². The lowest BCUT2D eigenvalue weighted by molar-refractivity contribution is -0.134. The van der Waals surface area contributed by atoms with E-state index in [2.05, 4.69) is 15.6 Å². The summed E-state index contributed by atoms with van der Waals surface area (Å²) < 4.78 is 5.38. The number of amides is 3.